The number of nitrogens with one attached hydrogen (secondary N) is 1. The second-order valence-corrected chi connectivity index (χ2v) is 5.12. The van der Waals surface area contributed by atoms with Crippen molar-refractivity contribution in [3.05, 3.63) is 21.0 Å². The molecular weight excluding hydrogens is 331 g/mol. The molecule has 0 unspecified atom stereocenters. The van der Waals surface area contributed by atoms with Crippen LogP contribution < -0.4 is 10.9 Å². The summed E-state index contributed by atoms with van der Waals surface area (Å²) in [4.78, 5) is 11.8. The Morgan fingerprint density at radius 1 is 1.53 bits per heavy atom. The third-order valence-electron chi connectivity index (χ3n) is 2.96. The van der Waals surface area contributed by atoms with Gasteiger partial charge in [0.1, 0.15) is 10.0 Å². The van der Waals surface area contributed by atoms with Gasteiger partial charge in [0.2, 0.25) is 0 Å². The van der Waals surface area contributed by atoms with Gasteiger partial charge in [-0.1, -0.05) is 0 Å². The van der Waals surface area contributed by atoms with Gasteiger partial charge in [-0.15, -0.1) is 0 Å². The van der Waals surface area contributed by atoms with E-state index in [9.17, 15) is 18.0 Å². The summed E-state index contributed by atoms with van der Waals surface area (Å²) in [6, 6.07) is 0. The summed E-state index contributed by atoms with van der Waals surface area (Å²) in [6.07, 6.45) is -3.27. The number of alkyl halides is 3. The number of aromatic nitrogens is 2. The fourth-order valence-electron chi connectivity index (χ4n) is 1.67. The summed E-state index contributed by atoms with van der Waals surface area (Å²) in [6.45, 7) is -0.291. The third kappa shape index (κ3) is 2.62. The van der Waals surface area contributed by atoms with E-state index in [1.54, 1.807) is 0 Å². The SMILES string of the molecule is O=c1c(Br)c(NC2(C(F)(F)F)CC2)cnn1CCO. The van der Waals surface area contributed by atoms with E-state index in [0.717, 1.165) is 10.9 Å². The average Bonchev–Trinajstić information content (AvgIpc) is 3.09. The zero-order chi connectivity index (χ0) is 14.3. The second kappa shape index (κ2) is 4.78. The van der Waals surface area contributed by atoms with Crippen LogP contribution in [-0.4, -0.2) is 33.2 Å². The molecule has 1 aromatic heterocycles. The number of anilines is 1. The summed E-state index contributed by atoms with van der Waals surface area (Å²) in [5, 5.41) is 14.8. The lowest BCUT2D eigenvalue weighted by Crippen LogP contribution is -2.39. The number of halogens is 4. The molecule has 0 atom stereocenters. The maximum Gasteiger partial charge on any atom is 0.411 e. The van der Waals surface area contributed by atoms with Crippen molar-refractivity contribution in [2.24, 2.45) is 0 Å². The van der Waals surface area contributed by atoms with Crippen molar-refractivity contribution in [1.82, 2.24) is 9.78 Å². The van der Waals surface area contributed by atoms with Crippen LogP contribution in [0.4, 0.5) is 18.9 Å². The molecule has 0 bridgehead atoms. The molecule has 1 saturated carbocycles. The highest BCUT2D eigenvalue weighted by Gasteiger charge is 2.63. The molecule has 2 N–H and O–H groups in total. The van der Waals surface area contributed by atoms with Crippen molar-refractivity contribution in [2.45, 2.75) is 31.1 Å². The van der Waals surface area contributed by atoms with E-state index in [0.29, 0.717) is 0 Å². The van der Waals surface area contributed by atoms with Gasteiger partial charge in [0, 0.05) is 0 Å². The highest BCUT2D eigenvalue weighted by molar-refractivity contribution is 9.10. The Balaban J connectivity index is 2.28. The standard InChI is InChI=1S/C10H11BrF3N3O2/c11-7-6(5-15-17(3-4-18)8(7)19)16-9(1-2-9)10(12,13)14/h5,16,18H,1-4H2. The first kappa shape index (κ1) is 14.3. The lowest BCUT2D eigenvalue weighted by atomic mass is 10.2. The van der Waals surface area contributed by atoms with Gasteiger partial charge in [-0.05, 0) is 28.8 Å². The molecule has 9 heteroatoms. The number of rotatable bonds is 4. The summed E-state index contributed by atoms with van der Waals surface area (Å²) in [7, 11) is 0. The lowest BCUT2D eigenvalue weighted by Gasteiger charge is -2.22. The van der Waals surface area contributed by atoms with Crippen molar-refractivity contribution >= 4 is 21.6 Å². The smallest absolute Gasteiger partial charge is 0.394 e. The average molecular weight is 342 g/mol. The first-order valence-corrected chi connectivity index (χ1v) is 6.31. The van der Waals surface area contributed by atoms with Gasteiger partial charge in [-0.25, -0.2) is 4.68 Å². The third-order valence-corrected chi connectivity index (χ3v) is 3.73. The molecule has 1 aliphatic carbocycles. The van der Waals surface area contributed by atoms with Gasteiger partial charge in [0.15, 0.2) is 0 Å². The van der Waals surface area contributed by atoms with Crippen LogP contribution in [0.15, 0.2) is 15.5 Å². The maximum atomic E-state index is 12.8. The van der Waals surface area contributed by atoms with E-state index in [1.165, 1.54) is 0 Å². The van der Waals surface area contributed by atoms with E-state index >= 15 is 0 Å². The summed E-state index contributed by atoms with van der Waals surface area (Å²) < 4.78 is 39.4. The van der Waals surface area contributed by atoms with Crippen LogP contribution in [0, 0.1) is 0 Å². The Bertz CT molecular complexity index is 540. The van der Waals surface area contributed by atoms with Crippen molar-refractivity contribution in [1.29, 1.82) is 0 Å². The van der Waals surface area contributed by atoms with E-state index in [2.05, 4.69) is 26.3 Å². The molecule has 1 heterocycles. The van der Waals surface area contributed by atoms with Gasteiger partial charge in [-0.2, -0.15) is 18.3 Å². The Hall–Kier alpha value is -1.09. The maximum absolute atomic E-state index is 12.8. The number of hydrogen-bond donors (Lipinski definition) is 2. The van der Waals surface area contributed by atoms with Crippen LogP contribution in [0.25, 0.3) is 0 Å². The molecule has 0 aliphatic heterocycles. The van der Waals surface area contributed by atoms with Crippen molar-refractivity contribution in [2.75, 3.05) is 11.9 Å². The first-order valence-electron chi connectivity index (χ1n) is 5.52. The molecule has 5 nitrogen and oxygen atoms in total. The van der Waals surface area contributed by atoms with Crippen LogP contribution in [0.3, 0.4) is 0 Å². The number of nitrogens with zero attached hydrogens (tertiary/aromatic N) is 2. The fourth-order valence-corrected chi connectivity index (χ4v) is 2.07. The van der Waals surface area contributed by atoms with E-state index in [4.69, 9.17) is 5.11 Å². The minimum absolute atomic E-state index is 0.00835. The molecule has 1 aromatic rings. The predicted molar refractivity (Wildman–Crippen MR) is 64.9 cm³/mol. The molecule has 0 aromatic carbocycles. The van der Waals surface area contributed by atoms with E-state index in [-0.39, 0.29) is 36.2 Å². The molecular formula is C10H11BrF3N3O2. The molecule has 0 spiro atoms. The topological polar surface area (TPSA) is 67.2 Å². The van der Waals surface area contributed by atoms with Crippen molar-refractivity contribution in [3.63, 3.8) is 0 Å². The normalized spacial score (nSPS) is 17.3. The van der Waals surface area contributed by atoms with Gasteiger partial charge >= 0.3 is 6.18 Å². The second-order valence-electron chi connectivity index (χ2n) is 4.33. The molecule has 0 radical (unpaired) electrons. The Morgan fingerprint density at radius 3 is 2.63 bits per heavy atom. The van der Waals surface area contributed by atoms with Gasteiger partial charge < -0.3 is 10.4 Å². The Morgan fingerprint density at radius 2 is 2.16 bits per heavy atom. The molecule has 2 rings (SSSR count). The van der Waals surface area contributed by atoms with Crippen LogP contribution in [0.1, 0.15) is 12.8 Å². The first-order chi connectivity index (χ1) is 8.81. The van der Waals surface area contributed by atoms with Crippen LogP contribution in [0.5, 0.6) is 0 Å². The monoisotopic (exact) mass is 341 g/mol. The van der Waals surface area contributed by atoms with Gasteiger partial charge in [0.05, 0.1) is 25.0 Å². The predicted octanol–water partition coefficient (Wildman–Crippen LogP) is 1.50. The number of aliphatic hydroxyl groups is 1. The van der Waals surface area contributed by atoms with E-state index < -0.39 is 17.3 Å². The zero-order valence-electron chi connectivity index (χ0n) is 9.67. The lowest BCUT2D eigenvalue weighted by molar-refractivity contribution is -0.151. The number of aliphatic hydroxyl groups excluding tert-OH is 1. The van der Waals surface area contributed by atoms with Gasteiger partial charge in [0.25, 0.3) is 5.56 Å². The number of hydrogen-bond acceptors (Lipinski definition) is 4. The van der Waals surface area contributed by atoms with Crippen LogP contribution in [0.2, 0.25) is 0 Å². The summed E-state index contributed by atoms with van der Waals surface area (Å²) >= 11 is 2.96. The summed E-state index contributed by atoms with van der Waals surface area (Å²) in [5.41, 5.74) is -2.53. The zero-order valence-corrected chi connectivity index (χ0v) is 11.3. The van der Waals surface area contributed by atoms with Gasteiger partial charge in [-0.3, -0.25) is 4.79 Å². The molecule has 106 valence electrons. The minimum Gasteiger partial charge on any atom is -0.394 e. The fraction of sp³-hybridized carbons (Fsp3) is 0.600. The molecule has 19 heavy (non-hydrogen) atoms. The Kier molecular flexibility index (Phi) is 3.61. The largest absolute Gasteiger partial charge is 0.411 e. The quantitative estimate of drug-likeness (QED) is 0.871. The van der Waals surface area contributed by atoms with Crippen molar-refractivity contribution in [3.8, 4) is 0 Å². The molecule has 1 aliphatic rings. The molecule has 1 fully saturated rings. The molecule has 0 saturated heterocycles. The van der Waals surface area contributed by atoms with E-state index in [1.807, 2.05) is 0 Å². The van der Waals surface area contributed by atoms with Crippen molar-refractivity contribution < 1.29 is 18.3 Å². The Labute approximate surface area is 114 Å². The van der Waals surface area contributed by atoms with Crippen LogP contribution in [-0.2, 0) is 6.54 Å². The minimum atomic E-state index is -4.37. The van der Waals surface area contributed by atoms with Crippen LogP contribution >= 0.6 is 15.9 Å². The highest BCUT2D eigenvalue weighted by Crippen LogP contribution is 2.51. The summed E-state index contributed by atoms with van der Waals surface area (Å²) in [5.74, 6) is 0. The highest BCUT2D eigenvalue weighted by atomic mass is 79.9. The molecule has 0 amide bonds.